The number of hydrogen-bond acceptors (Lipinski definition) is 2. The summed E-state index contributed by atoms with van der Waals surface area (Å²) in [4.78, 5) is 0. The van der Waals surface area contributed by atoms with Crippen LogP contribution in [0.4, 0.5) is 4.39 Å². The van der Waals surface area contributed by atoms with Crippen LogP contribution in [0, 0.1) is 5.82 Å². The van der Waals surface area contributed by atoms with Gasteiger partial charge in [0.25, 0.3) is 0 Å². The van der Waals surface area contributed by atoms with Crippen LogP contribution in [-0.4, -0.2) is 0 Å². The lowest BCUT2D eigenvalue weighted by Gasteiger charge is -2.12. The lowest BCUT2D eigenvalue weighted by Crippen LogP contribution is -2.00. The highest BCUT2D eigenvalue weighted by Gasteiger charge is 2.10. The standard InChI is InChI=1S/C13H10BrClFNO/c14-10-5-4-8(16)6-13(10)18-12-3-1-2-11(15)9(12)7-17/h1-6H,7,17H2. The minimum Gasteiger partial charge on any atom is -0.456 e. The van der Waals surface area contributed by atoms with Gasteiger partial charge in [0, 0.05) is 23.2 Å². The highest BCUT2D eigenvalue weighted by molar-refractivity contribution is 9.10. The molecule has 2 nitrogen and oxygen atoms in total. The molecule has 0 aromatic heterocycles. The predicted octanol–water partition coefficient (Wildman–Crippen LogP) is 4.49. The van der Waals surface area contributed by atoms with E-state index in [-0.39, 0.29) is 12.4 Å². The van der Waals surface area contributed by atoms with Crippen LogP contribution in [-0.2, 0) is 6.54 Å². The zero-order valence-corrected chi connectivity index (χ0v) is 11.6. The maximum absolute atomic E-state index is 13.2. The van der Waals surface area contributed by atoms with E-state index in [9.17, 15) is 4.39 Å². The molecule has 5 heteroatoms. The molecule has 0 spiro atoms. The average Bonchev–Trinajstić information content (AvgIpc) is 2.34. The highest BCUT2D eigenvalue weighted by Crippen LogP contribution is 2.34. The molecule has 2 aromatic carbocycles. The fourth-order valence-corrected chi connectivity index (χ4v) is 2.08. The van der Waals surface area contributed by atoms with Crippen molar-refractivity contribution >= 4 is 27.5 Å². The van der Waals surface area contributed by atoms with Crippen molar-refractivity contribution < 1.29 is 9.13 Å². The maximum atomic E-state index is 13.2. The average molecular weight is 331 g/mol. The van der Waals surface area contributed by atoms with Crippen molar-refractivity contribution in [2.75, 3.05) is 0 Å². The van der Waals surface area contributed by atoms with Crippen LogP contribution in [0.25, 0.3) is 0 Å². The van der Waals surface area contributed by atoms with E-state index in [1.165, 1.54) is 12.1 Å². The second-order valence-electron chi connectivity index (χ2n) is 3.60. The number of rotatable bonds is 3. The molecule has 94 valence electrons. The summed E-state index contributed by atoms with van der Waals surface area (Å²) in [7, 11) is 0. The van der Waals surface area contributed by atoms with Crippen LogP contribution >= 0.6 is 27.5 Å². The number of halogens is 3. The molecule has 0 unspecified atom stereocenters. The van der Waals surface area contributed by atoms with E-state index in [1.54, 1.807) is 24.3 Å². The van der Waals surface area contributed by atoms with E-state index in [1.807, 2.05) is 0 Å². The summed E-state index contributed by atoms with van der Waals surface area (Å²) in [5.74, 6) is 0.535. The molecule has 0 aliphatic rings. The SMILES string of the molecule is NCc1c(Cl)cccc1Oc1cc(F)ccc1Br. The number of nitrogens with two attached hydrogens (primary N) is 1. The molecule has 2 N–H and O–H groups in total. The van der Waals surface area contributed by atoms with Gasteiger partial charge in [-0.05, 0) is 40.2 Å². The molecule has 0 aliphatic heterocycles. The maximum Gasteiger partial charge on any atom is 0.144 e. The summed E-state index contributed by atoms with van der Waals surface area (Å²) in [5, 5.41) is 0.530. The minimum absolute atomic E-state index is 0.252. The first-order valence-electron chi connectivity index (χ1n) is 5.22. The summed E-state index contributed by atoms with van der Waals surface area (Å²) >= 11 is 9.32. The minimum atomic E-state index is -0.371. The van der Waals surface area contributed by atoms with Gasteiger partial charge in [-0.3, -0.25) is 0 Å². The van der Waals surface area contributed by atoms with Crippen molar-refractivity contribution in [2.45, 2.75) is 6.54 Å². The molecule has 0 amide bonds. The van der Waals surface area contributed by atoms with Crippen molar-refractivity contribution in [3.63, 3.8) is 0 Å². The Hall–Kier alpha value is -1.10. The molecule has 2 rings (SSSR count). The lowest BCUT2D eigenvalue weighted by atomic mass is 10.2. The first-order chi connectivity index (χ1) is 8.61. The fraction of sp³-hybridized carbons (Fsp3) is 0.0769. The van der Waals surface area contributed by atoms with Gasteiger partial charge in [-0.15, -0.1) is 0 Å². The first-order valence-corrected chi connectivity index (χ1v) is 6.39. The van der Waals surface area contributed by atoms with Crippen molar-refractivity contribution in [3.8, 4) is 11.5 Å². The molecule has 2 aromatic rings. The Morgan fingerprint density at radius 3 is 2.72 bits per heavy atom. The highest BCUT2D eigenvalue weighted by atomic mass is 79.9. The monoisotopic (exact) mass is 329 g/mol. The van der Waals surface area contributed by atoms with E-state index >= 15 is 0 Å². The van der Waals surface area contributed by atoms with Crippen LogP contribution in [0.3, 0.4) is 0 Å². The molecule has 0 saturated heterocycles. The Morgan fingerprint density at radius 1 is 1.22 bits per heavy atom. The molecule has 0 aliphatic carbocycles. The van der Waals surface area contributed by atoms with Gasteiger partial charge >= 0.3 is 0 Å². The van der Waals surface area contributed by atoms with Gasteiger partial charge in [0.2, 0.25) is 0 Å². The number of hydrogen-bond donors (Lipinski definition) is 1. The van der Waals surface area contributed by atoms with Crippen molar-refractivity contribution in [2.24, 2.45) is 5.73 Å². The predicted molar refractivity (Wildman–Crippen MR) is 73.5 cm³/mol. The molecular weight excluding hydrogens is 321 g/mol. The zero-order valence-electron chi connectivity index (χ0n) is 9.29. The third-order valence-corrected chi connectivity index (χ3v) is 3.40. The van der Waals surface area contributed by atoms with Gasteiger partial charge in [-0.2, -0.15) is 0 Å². The quantitative estimate of drug-likeness (QED) is 0.899. The van der Waals surface area contributed by atoms with Crippen molar-refractivity contribution in [1.82, 2.24) is 0 Å². The smallest absolute Gasteiger partial charge is 0.144 e. The second-order valence-corrected chi connectivity index (χ2v) is 4.86. The molecule has 0 heterocycles. The Balaban J connectivity index is 2.40. The van der Waals surface area contributed by atoms with Gasteiger partial charge < -0.3 is 10.5 Å². The van der Waals surface area contributed by atoms with Crippen molar-refractivity contribution in [1.29, 1.82) is 0 Å². The van der Waals surface area contributed by atoms with E-state index in [2.05, 4.69) is 15.9 Å². The normalized spacial score (nSPS) is 10.4. The summed E-state index contributed by atoms with van der Waals surface area (Å²) in [5.41, 5.74) is 6.31. The van der Waals surface area contributed by atoms with Crippen molar-refractivity contribution in [3.05, 3.63) is 57.3 Å². The van der Waals surface area contributed by atoms with Gasteiger partial charge in [0.1, 0.15) is 17.3 Å². The summed E-state index contributed by atoms with van der Waals surface area (Å²) in [6.07, 6.45) is 0. The van der Waals surface area contributed by atoms with E-state index < -0.39 is 0 Å². The van der Waals surface area contributed by atoms with Gasteiger partial charge in [0.05, 0.1) is 4.47 Å². The molecule has 0 atom stereocenters. The Labute approximate surface area is 118 Å². The van der Waals surface area contributed by atoms with Crippen LogP contribution < -0.4 is 10.5 Å². The van der Waals surface area contributed by atoms with Gasteiger partial charge in [0.15, 0.2) is 0 Å². The number of ether oxygens (including phenoxy) is 1. The second kappa shape index (κ2) is 5.69. The number of benzene rings is 2. The third-order valence-electron chi connectivity index (χ3n) is 2.39. The Bertz CT molecular complexity index is 577. The Kier molecular flexibility index (Phi) is 4.22. The van der Waals surface area contributed by atoms with E-state index in [4.69, 9.17) is 22.1 Å². The van der Waals surface area contributed by atoms with Crippen LogP contribution in [0.2, 0.25) is 5.02 Å². The molecule has 0 saturated carbocycles. The molecule has 0 fully saturated rings. The van der Waals surface area contributed by atoms with Crippen LogP contribution in [0.1, 0.15) is 5.56 Å². The third kappa shape index (κ3) is 2.83. The lowest BCUT2D eigenvalue weighted by molar-refractivity contribution is 0.468. The van der Waals surface area contributed by atoms with E-state index in [0.29, 0.717) is 26.6 Å². The topological polar surface area (TPSA) is 35.2 Å². The molecule has 18 heavy (non-hydrogen) atoms. The Morgan fingerprint density at radius 2 is 2.00 bits per heavy atom. The summed E-state index contributed by atoms with van der Waals surface area (Å²) in [6.45, 7) is 0.252. The summed E-state index contributed by atoms with van der Waals surface area (Å²) in [6, 6.07) is 9.45. The zero-order chi connectivity index (χ0) is 13.1. The molecular formula is C13H10BrClFNO. The largest absolute Gasteiger partial charge is 0.456 e. The molecule has 0 bridgehead atoms. The van der Waals surface area contributed by atoms with Crippen LogP contribution in [0.5, 0.6) is 11.5 Å². The van der Waals surface area contributed by atoms with E-state index in [0.717, 1.165) is 0 Å². The summed E-state index contributed by atoms with van der Waals surface area (Å²) < 4.78 is 19.5. The van der Waals surface area contributed by atoms with Crippen LogP contribution in [0.15, 0.2) is 40.9 Å². The van der Waals surface area contributed by atoms with Gasteiger partial charge in [-0.25, -0.2) is 4.39 Å². The first kappa shape index (κ1) is 13.3. The fourth-order valence-electron chi connectivity index (χ4n) is 1.51. The van der Waals surface area contributed by atoms with Gasteiger partial charge in [-0.1, -0.05) is 17.7 Å². The molecule has 0 radical (unpaired) electrons.